The molecule has 0 unspecified atom stereocenters. The molecule has 6 atom stereocenters. The molecule has 9 heteroatoms. The SMILES string of the molecule is O=C(O)[C@@H]1C[35S][C@@H]([C@@H](O)[C@H](O)[C@@H](O)[C@@H](O)CO)N1. The molecule has 0 radical (unpaired) electrons. The molecule has 1 aliphatic heterocycles. The Morgan fingerprint density at radius 3 is 2.33 bits per heavy atom. The Bertz CT molecular complexity index is 292. The number of hydrogen-bond donors (Lipinski definition) is 7. The van der Waals surface area contributed by atoms with Gasteiger partial charge in [-0.15, -0.1) is 11.8 Å². The van der Waals surface area contributed by atoms with Crippen molar-refractivity contribution < 1.29 is 35.4 Å². The second-order valence-corrected chi connectivity index (χ2v) is 5.21. The van der Waals surface area contributed by atoms with Gasteiger partial charge < -0.3 is 30.6 Å². The van der Waals surface area contributed by atoms with Crippen LogP contribution in [0.15, 0.2) is 0 Å². The Hall–Kier alpha value is -0.420. The maximum Gasteiger partial charge on any atom is 0.321 e. The van der Waals surface area contributed by atoms with Gasteiger partial charge in [-0.05, 0) is 0 Å². The minimum atomic E-state index is -1.71. The first-order valence-electron chi connectivity index (χ1n) is 5.32. The lowest BCUT2D eigenvalue weighted by atomic mass is 10.0. The maximum atomic E-state index is 10.7. The third kappa shape index (κ3) is 3.54. The molecule has 0 bridgehead atoms. The average Bonchev–Trinajstić information content (AvgIpc) is 2.84. The molecule has 18 heavy (non-hydrogen) atoms. The van der Waals surface area contributed by atoms with E-state index >= 15 is 0 Å². The van der Waals surface area contributed by atoms with Crippen molar-refractivity contribution in [2.75, 3.05) is 12.4 Å². The third-order valence-electron chi connectivity index (χ3n) is 2.70. The van der Waals surface area contributed by atoms with Gasteiger partial charge in [-0.2, -0.15) is 0 Å². The predicted octanol–water partition coefficient (Wildman–Crippen LogP) is -3.46. The summed E-state index contributed by atoms with van der Waals surface area (Å²) in [6.07, 6.45) is -6.44. The minimum Gasteiger partial charge on any atom is -0.480 e. The predicted molar refractivity (Wildman–Crippen MR) is 61.9 cm³/mol. The Labute approximate surface area is 107 Å². The van der Waals surface area contributed by atoms with Gasteiger partial charge in [0, 0.05) is 5.75 Å². The van der Waals surface area contributed by atoms with Gasteiger partial charge in [-0.25, -0.2) is 0 Å². The molecule has 0 aromatic rings. The molecule has 0 aliphatic carbocycles. The molecule has 1 fully saturated rings. The second kappa shape index (κ2) is 6.66. The number of carbonyl (C=O) groups is 1. The quantitative estimate of drug-likeness (QED) is 0.264. The summed E-state index contributed by atoms with van der Waals surface area (Å²) in [4.78, 5) is 10.7. The zero-order chi connectivity index (χ0) is 13.9. The van der Waals surface area contributed by atoms with Gasteiger partial charge in [0.2, 0.25) is 0 Å². The van der Waals surface area contributed by atoms with E-state index in [1.165, 1.54) is 0 Å². The van der Waals surface area contributed by atoms with Crippen LogP contribution >= 0.6 is 11.8 Å². The van der Waals surface area contributed by atoms with Crippen molar-refractivity contribution in [3.05, 3.63) is 0 Å². The summed E-state index contributed by atoms with van der Waals surface area (Å²) in [7, 11) is 0. The van der Waals surface area contributed by atoms with Crippen LogP contribution in [-0.4, -0.2) is 84.8 Å². The summed E-state index contributed by atoms with van der Waals surface area (Å²) < 4.78 is 0. The Kier molecular flexibility index (Phi) is 5.79. The topological polar surface area (TPSA) is 150 Å². The maximum absolute atomic E-state index is 10.7. The Morgan fingerprint density at radius 1 is 1.28 bits per heavy atom. The van der Waals surface area contributed by atoms with Gasteiger partial charge in [0.25, 0.3) is 0 Å². The largest absolute Gasteiger partial charge is 0.480 e. The van der Waals surface area contributed by atoms with E-state index < -0.39 is 48.4 Å². The molecule has 1 rings (SSSR count). The summed E-state index contributed by atoms with van der Waals surface area (Å²) >= 11 is 1.09. The first kappa shape index (κ1) is 15.6. The number of thioether (sulfide) groups is 1. The van der Waals surface area contributed by atoms with Crippen LogP contribution in [0.4, 0.5) is 0 Å². The minimum absolute atomic E-state index is 0.225. The Balaban J connectivity index is 2.54. The summed E-state index contributed by atoms with van der Waals surface area (Å²) in [5.41, 5.74) is 0. The van der Waals surface area contributed by atoms with E-state index in [9.17, 15) is 20.1 Å². The van der Waals surface area contributed by atoms with Crippen LogP contribution in [0.3, 0.4) is 0 Å². The summed E-state index contributed by atoms with van der Waals surface area (Å²) in [6.45, 7) is -0.756. The molecule has 0 aromatic carbocycles. The number of carboxylic acid groups (broad SMARTS) is 1. The highest BCUT2D eigenvalue weighted by Gasteiger charge is 2.40. The third-order valence-corrected chi connectivity index (χ3v) is 4.00. The van der Waals surface area contributed by atoms with Crippen molar-refractivity contribution in [2.24, 2.45) is 0 Å². The van der Waals surface area contributed by atoms with Crippen molar-refractivity contribution in [3.8, 4) is 0 Å². The summed E-state index contributed by atoms with van der Waals surface area (Å²) in [5.74, 6) is -0.842. The van der Waals surface area contributed by atoms with Gasteiger partial charge in [-0.3, -0.25) is 10.1 Å². The highest BCUT2D eigenvalue weighted by Crippen LogP contribution is 2.24. The zero-order valence-corrected chi connectivity index (χ0v) is 10.2. The van der Waals surface area contributed by atoms with Crippen LogP contribution < -0.4 is 5.32 Å². The molecular formula is C9H17NO7S. The van der Waals surface area contributed by atoms with Crippen LogP contribution in [0.1, 0.15) is 0 Å². The summed E-state index contributed by atoms with van der Waals surface area (Å²) in [6, 6.07) is -0.832. The standard InChI is InChI=1S/C9H17NO7S/c11-1-4(12)5(13)6(14)7(15)8-10-3(2-18-8)9(16)17/h3-8,10-15H,1-2H2,(H,16,17)/t3-,4-,5-,6+,7-,8-/m0/s1/i18+3. The number of aliphatic hydroxyl groups excluding tert-OH is 5. The van der Waals surface area contributed by atoms with Crippen molar-refractivity contribution in [1.82, 2.24) is 5.32 Å². The van der Waals surface area contributed by atoms with Crippen LogP contribution in [-0.2, 0) is 4.79 Å². The smallest absolute Gasteiger partial charge is 0.321 e. The first-order chi connectivity index (χ1) is 8.38. The molecular weight excluding hydrogens is 269 g/mol. The van der Waals surface area contributed by atoms with Crippen LogP contribution in [0.5, 0.6) is 0 Å². The molecule has 1 heterocycles. The highest BCUT2D eigenvalue weighted by atomic mass is 35.1. The molecule has 8 nitrogen and oxygen atoms in total. The lowest BCUT2D eigenvalue weighted by molar-refractivity contribution is -0.139. The van der Waals surface area contributed by atoms with E-state index in [0.29, 0.717) is 0 Å². The lowest BCUT2D eigenvalue weighted by Gasteiger charge is -2.28. The van der Waals surface area contributed by atoms with Gasteiger partial charge in [0.15, 0.2) is 0 Å². The fraction of sp³-hybridized carbons (Fsp3) is 0.889. The van der Waals surface area contributed by atoms with Gasteiger partial charge in [0.1, 0.15) is 30.5 Å². The van der Waals surface area contributed by atoms with Crippen molar-refractivity contribution in [2.45, 2.75) is 35.8 Å². The molecule has 0 spiro atoms. The van der Waals surface area contributed by atoms with E-state index in [1.54, 1.807) is 0 Å². The van der Waals surface area contributed by atoms with E-state index in [4.69, 9.17) is 15.3 Å². The number of hydrogen-bond acceptors (Lipinski definition) is 8. The van der Waals surface area contributed by atoms with E-state index in [2.05, 4.69) is 5.32 Å². The molecule has 1 saturated heterocycles. The average molecular weight is 286 g/mol. The Morgan fingerprint density at radius 2 is 1.89 bits per heavy atom. The molecule has 0 aromatic heterocycles. The van der Waals surface area contributed by atoms with Crippen molar-refractivity contribution in [3.63, 3.8) is 0 Å². The molecule has 0 amide bonds. The fourth-order valence-electron chi connectivity index (χ4n) is 1.55. The highest BCUT2D eigenvalue weighted by molar-refractivity contribution is 8.00. The number of aliphatic carboxylic acids is 1. The molecule has 1 aliphatic rings. The number of nitrogens with one attached hydrogen (secondary N) is 1. The molecule has 7 N–H and O–H groups in total. The normalized spacial score (nSPS) is 30.7. The van der Waals surface area contributed by atoms with E-state index in [0.717, 1.165) is 11.8 Å². The van der Waals surface area contributed by atoms with Crippen LogP contribution in [0, 0.1) is 0 Å². The van der Waals surface area contributed by atoms with Crippen molar-refractivity contribution in [1.29, 1.82) is 0 Å². The van der Waals surface area contributed by atoms with Gasteiger partial charge >= 0.3 is 5.97 Å². The number of aliphatic hydroxyl groups is 5. The van der Waals surface area contributed by atoms with Crippen LogP contribution in [0.25, 0.3) is 0 Å². The number of carboxylic acids is 1. The van der Waals surface area contributed by atoms with Crippen molar-refractivity contribution >= 4 is 17.7 Å². The second-order valence-electron chi connectivity index (χ2n) is 4.03. The molecule has 0 saturated carbocycles. The molecule has 106 valence electrons. The summed E-state index contributed by atoms with van der Waals surface area (Å²) in [5, 5.41) is 57.1. The van der Waals surface area contributed by atoms with E-state index in [-0.39, 0.29) is 5.75 Å². The number of rotatable bonds is 6. The fourth-order valence-corrected chi connectivity index (χ4v) is 2.81. The zero-order valence-electron chi connectivity index (χ0n) is 9.38. The lowest BCUT2D eigenvalue weighted by Crippen LogP contribution is -2.52. The van der Waals surface area contributed by atoms with Crippen LogP contribution in [0.2, 0.25) is 0 Å². The first-order valence-corrected chi connectivity index (χ1v) is 6.37. The monoisotopic (exact) mass is 286 g/mol. The van der Waals surface area contributed by atoms with E-state index in [1.807, 2.05) is 0 Å². The van der Waals surface area contributed by atoms with Gasteiger partial charge in [-0.1, -0.05) is 0 Å². The van der Waals surface area contributed by atoms with Gasteiger partial charge in [0.05, 0.1) is 12.0 Å².